The molecule has 1 unspecified atom stereocenters. The third-order valence-electron chi connectivity index (χ3n) is 5.26. The first kappa shape index (κ1) is 21.4. The van der Waals surface area contributed by atoms with Gasteiger partial charge in [-0.2, -0.15) is 5.10 Å². The van der Waals surface area contributed by atoms with Crippen molar-refractivity contribution in [3.05, 3.63) is 75.7 Å². The maximum Gasteiger partial charge on any atom is 0.284 e. The van der Waals surface area contributed by atoms with E-state index in [1.165, 1.54) is 10.9 Å². The summed E-state index contributed by atoms with van der Waals surface area (Å²) in [6.45, 7) is 8.16. The Labute approximate surface area is 185 Å². The van der Waals surface area contributed by atoms with Crippen LogP contribution >= 0.6 is 0 Å². The van der Waals surface area contributed by atoms with E-state index in [1.54, 1.807) is 6.92 Å². The lowest BCUT2D eigenvalue weighted by molar-refractivity contribution is -0.130. The molecule has 0 aliphatic carbocycles. The van der Waals surface area contributed by atoms with E-state index in [0.29, 0.717) is 28.4 Å². The van der Waals surface area contributed by atoms with Crippen molar-refractivity contribution in [1.82, 2.24) is 15.2 Å². The first-order chi connectivity index (χ1) is 15.2. The molecule has 0 bridgehead atoms. The molecule has 3 aromatic rings. The lowest BCUT2D eigenvalue weighted by Gasteiger charge is -2.27. The molecule has 1 aliphatic rings. The molecule has 4 rings (SSSR count). The highest BCUT2D eigenvalue weighted by Gasteiger charge is 2.28. The molecule has 8 heteroatoms. The SMILES string of the molecule is Cc1[nH]n(-c2ccccc2)c(=O)c1/C=N/NC(=O)C1COc2ccc(C(C)(C)C)cc2O1. The number of fused-ring (bicyclic) bond motifs is 1. The highest BCUT2D eigenvalue weighted by molar-refractivity contribution is 5.85. The summed E-state index contributed by atoms with van der Waals surface area (Å²) in [4.78, 5) is 25.3. The van der Waals surface area contributed by atoms with Crippen LogP contribution in [0.3, 0.4) is 0 Å². The smallest absolute Gasteiger partial charge is 0.284 e. The molecule has 2 heterocycles. The van der Waals surface area contributed by atoms with Gasteiger partial charge in [-0.05, 0) is 42.2 Å². The van der Waals surface area contributed by atoms with Crippen LogP contribution in [0.4, 0.5) is 0 Å². The second-order valence-corrected chi connectivity index (χ2v) is 8.69. The molecule has 0 spiro atoms. The summed E-state index contributed by atoms with van der Waals surface area (Å²) in [6, 6.07) is 15.0. The van der Waals surface area contributed by atoms with Gasteiger partial charge in [-0.25, -0.2) is 10.1 Å². The Morgan fingerprint density at radius 3 is 2.66 bits per heavy atom. The fourth-order valence-electron chi connectivity index (χ4n) is 3.37. The van der Waals surface area contributed by atoms with E-state index >= 15 is 0 Å². The van der Waals surface area contributed by atoms with Crippen molar-refractivity contribution in [3.8, 4) is 17.2 Å². The molecule has 8 nitrogen and oxygen atoms in total. The quantitative estimate of drug-likeness (QED) is 0.487. The van der Waals surface area contributed by atoms with Gasteiger partial charge in [-0.1, -0.05) is 45.0 Å². The number of hydrazone groups is 1. The van der Waals surface area contributed by atoms with Gasteiger partial charge in [0.15, 0.2) is 11.5 Å². The second kappa shape index (κ2) is 8.37. The number of ether oxygens (including phenoxy) is 2. The van der Waals surface area contributed by atoms with Gasteiger partial charge in [0.1, 0.15) is 6.61 Å². The Balaban J connectivity index is 1.45. The summed E-state index contributed by atoms with van der Waals surface area (Å²) in [5.74, 6) is 0.680. The van der Waals surface area contributed by atoms with Crippen molar-refractivity contribution in [2.24, 2.45) is 5.10 Å². The lowest BCUT2D eigenvalue weighted by Crippen LogP contribution is -2.42. The van der Waals surface area contributed by atoms with Gasteiger partial charge < -0.3 is 9.47 Å². The largest absolute Gasteiger partial charge is 0.485 e. The number of H-pyrrole nitrogens is 1. The number of aryl methyl sites for hydroxylation is 1. The number of hydrogen-bond acceptors (Lipinski definition) is 5. The number of carbonyl (C=O) groups excluding carboxylic acids is 1. The van der Waals surface area contributed by atoms with Gasteiger partial charge in [0.05, 0.1) is 17.5 Å². The van der Waals surface area contributed by atoms with Crippen molar-refractivity contribution < 1.29 is 14.3 Å². The first-order valence-electron chi connectivity index (χ1n) is 10.4. The van der Waals surface area contributed by atoms with E-state index in [0.717, 1.165) is 5.56 Å². The minimum Gasteiger partial charge on any atom is -0.485 e. The molecular weight excluding hydrogens is 408 g/mol. The number of aromatic nitrogens is 2. The van der Waals surface area contributed by atoms with Crippen LogP contribution in [-0.4, -0.2) is 34.6 Å². The molecule has 0 radical (unpaired) electrons. The average molecular weight is 434 g/mol. The number of rotatable bonds is 4. The normalized spacial score (nSPS) is 15.7. The number of hydrogen-bond donors (Lipinski definition) is 2. The van der Waals surface area contributed by atoms with Crippen LogP contribution in [0.1, 0.15) is 37.6 Å². The number of carbonyl (C=O) groups is 1. The lowest BCUT2D eigenvalue weighted by atomic mass is 9.87. The van der Waals surface area contributed by atoms with Crippen molar-refractivity contribution in [1.29, 1.82) is 0 Å². The summed E-state index contributed by atoms with van der Waals surface area (Å²) < 4.78 is 13.0. The van der Waals surface area contributed by atoms with Crippen molar-refractivity contribution in [2.75, 3.05) is 6.61 Å². The third kappa shape index (κ3) is 4.30. The topological polar surface area (TPSA) is 97.7 Å². The number of aromatic amines is 1. The molecule has 2 aromatic carbocycles. The molecule has 0 fully saturated rings. The zero-order valence-corrected chi connectivity index (χ0v) is 18.5. The Hall–Kier alpha value is -3.81. The number of nitrogens with zero attached hydrogens (tertiary/aromatic N) is 2. The van der Waals surface area contributed by atoms with Crippen LogP contribution in [0.5, 0.6) is 11.5 Å². The van der Waals surface area contributed by atoms with Crippen molar-refractivity contribution >= 4 is 12.1 Å². The predicted octanol–water partition coefficient (Wildman–Crippen LogP) is 3.06. The van der Waals surface area contributed by atoms with E-state index in [9.17, 15) is 9.59 Å². The number of amides is 1. The van der Waals surface area contributed by atoms with Crippen LogP contribution < -0.4 is 20.5 Å². The summed E-state index contributed by atoms with van der Waals surface area (Å²) in [5, 5.41) is 6.98. The molecule has 0 saturated heterocycles. The Morgan fingerprint density at radius 2 is 1.94 bits per heavy atom. The van der Waals surface area contributed by atoms with Gasteiger partial charge in [0.2, 0.25) is 6.10 Å². The maximum atomic E-state index is 12.7. The first-order valence-corrected chi connectivity index (χ1v) is 10.4. The fourth-order valence-corrected chi connectivity index (χ4v) is 3.37. The van der Waals surface area contributed by atoms with E-state index in [4.69, 9.17) is 9.47 Å². The van der Waals surface area contributed by atoms with Gasteiger partial charge in [-0.15, -0.1) is 0 Å². The molecule has 1 aliphatic heterocycles. The number of benzene rings is 2. The minimum absolute atomic E-state index is 0.0566. The van der Waals surface area contributed by atoms with Gasteiger partial charge in [0.25, 0.3) is 11.5 Å². The fraction of sp³-hybridized carbons (Fsp3) is 0.292. The zero-order chi connectivity index (χ0) is 22.9. The Kier molecular flexibility index (Phi) is 5.61. The van der Waals surface area contributed by atoms with E-state index in [2.05, 4.69) is 36.4 Å². The summed E-state index contributed by atoms with van der Waals surface area (Å²) in [5.41, 5.74) is 4.92. The van der Waals surface area contributed by atoms with Gasteiger partial charge in [-0.3, -0.25) is 14.7 Å². The van der Waals surface area contributed by atoms with Crippen LogP contribution in [0.25, 0.3) is 5.69 Å². The van der Waals surface area contributed by atoms with Crippen LogP contribution in [0, 0.1) is 6.92 Å². The Morgan fingerprint density at radius 1 is 1.19 bits per heavy atom. The maximum absolute atomic E-state index is 12.7. The molecule has 1 amide bonds. The number of para-hydroxylation sites is 1. The summed E-state index contributed by atoms with van der Waals surface area (Å²) in [7, 11) is 0. The van der Waals surface area contributed by atoms with Crippen LogP contribution in [-0.2, 0) is 10.2 Å². The van der Waals surface area contributed by atoms with Gasteiger partial charge in [0, 0.05) is 5.69 Å². The minimum atomic E-state index is -0.844. The molecule has 166 valence electrons. The highest BCUT2D eigenvalue weighted by atomic mass is 16.6. The summed E-state index contributed by atoms with van der Waals surface area (Å²) >= 11 is 0. The van der Waals surface area contributed by atoms with Crippen molar-refractivity contribution in [3.63, 3.8) is 0 Å². The molecular formula is C24H26N4O4. The second-order valence-electron chi connectivity index (χ2n) is 8.69. The van der Waals surface area contributed by atoms with E-state index < -0.39 is 12.0 Å². The van der Waals surface area contributed by atoms with E-state index in [-0.39, 0.29) is 17.6 Å². The molecule has 0 saturated carbocycles. The van der Waals surface area contributed by atoms with Crippen LogP contribution in [0.2, 0.25) is 0 Å². The molecule has 2 N–H and O–H groups in total. The standard InChI is InChI=1S/C24H26N4O4/c1-15-18(23(30)28(27-15)17-8-6-5-7-9-17)13-25-26-22(29)21-14-31-19-11-10-16(24(2,3)4)12-20(19)32-21/h5-13,21,27H,14H2,1-4H3,(H,26,29)/b25-13+. The van der Waals surface area contributed by atoms with Crippen LogP contribution in [0.15, 0.2) is 58.4 Å². The monoisotopic (exact) mass is 434 g/mol. The Bertz CT molecular complexity index is 1220. The summed E-state index contributed by atoms with van der Waals surface area (Å²) in [6.07, 6.45) is 0.490. The molecule has 1 aromatic heterocycles. The third-order valence-corrected chi connectivity index (χ3v) is 5.26. The van der Waals surface area contributed by atoms with Gasteiger partial charge >= 0.3 is 0 Å². The zero-order valence-electron chi connectivity index (χ0n) is 18.5. The van der Waals surface area contributed by atoms with E-state index in [1.807, 2.05) is 48.5 Å². The molecule has 32 heavy (non-hydrogen) atoms. The highest BCUT2D eigenvalue weighted by Crippen LogP contribution is 2.36. The molecule has 1 atom stereocenters. The number of nitrogens with one attached hydrogen (secondary N) is 2. The predicted molar refractivity (Wildman–Crippen MR) is 122 cm³/mol. The average Bonchev–Trinajstić information content (AvgIpc) is 3.06. The van der Waals surface area contributed by atoms with Crippen molar-refractivity contribution in [2.45, 2.75) is 39.2 Å².